The molecule has 0 unspecified atom stereocenters. The number of aromatic nitrogens is 1. The monoisotopic (exact) mass is 540 g/mol. The molecule has 38 heavy (non-hydrogen) atoms. The average molecular weight is 541 g/mol. The van der Waals surface area contributed by atoms with E-state index in [0.717, 1.165) is 41.8 Å². The third-order valence-electron chi connectivity index (χ3n) is 7.33. The van der Waals surface area contributed by atoms with Crippen LogP contribution in [0.2, 0.25) is 0 Å². The molecule has 2 aromatic carbocycles. The highest BCUT2D eigenvalue weighted by molar-refractivity contribution is 7.89. The van der Waals surface area contributed by atoms with Crippen molar-refractivity contribution >= 4 is 26.8 Å². The molecule has 1 fully saturated rings. The second kappa shape index (κ2) is 10.7. The second-order valence-corrected chi connectivity index (χ2v) is 12.6. The summed E-state index contributed by atoms with van der Waals surface area (Å²) >= 11 is 0. The van der Waals surface area contributed by atoms with Gasteiger partial charge in [-0.1, -0.05) is 18.2 Å². The Balaban J connectivity index is 1.39. The fourth-order valence-electron chi connectivity index (χ4n) is 5.57. The van der Waals surface area contributed by atoms with Crippen LogP contribution in [0.1, 0.15) is 25.1 Å². The van der Waals surface area contributed by atoms with E-state index < -0.39 is 15.6 Å². The van der Waals surface area contributed by atoms with Crippen LogP contribution in [0.5, 0.6) is 5.75 Å². The molecule has 3 aromatic rings. The fourth-order valence-corrected chi connectivity index (χ4v) is 6.97. The molecule has 204 valence electrons. The molecule has 0 bridgehead atoms. The lowest BCUT2D eigenvalue weighted by Crippen LogP contribution is -2.54. The van der Waals surface area contributed by atoms with Gasteiger partial charge in [0, 0.05) is 48.3 Å². The van der Waals surface area contributed by atoms with Crippen molar-refractivity contribution in [2.75, 3.05) is 46.5 Å². The normalized spacial score (nSPS) is 17.3. The van der Waals surface area contributed by atoms with E-state index in [9.17, 15) is 13.2 Å². The van der Waals surface area contributed by atoms with Gasteiger partial charge in [-0.05, 0) is 56.2 Å². The van der Waals surface area contributed by atoms with Crippen LogP contribution >= 0.6 is 0 Å². The number of ether oxygens (including phenoxy) is 2. The highest BCUT2D eigenvalue weighted by Crippen LogP contribution is 2.33. The first-order valence-corrected chi connectivity index (χ1v) is 14.5. The maximum Gasteiger partial charge on any atom is 0.243 e. The van der Waals surface area contributed by atoms with Crippen LogP contribution < -0.4 is 10.1 Å². The first-order chi connectivity index (χ1) is 18.2. The van der Waals surface area contributed by atoms with Crippen LogP contribution in [0.3, 0.4) is 0 Å². The predicted molar refractivity (Wildman–Crippen MR) is 146 cm³/mol. The van der Waals surface area contributed by atoms with Crippen molar-refractivity contribution in [2.24, 2.45) is 0 Å². The number of carbonyl (C=O) groups excluding carboxylic acids is 1. The van der Waals surface area contributed by atoms with Crippen molar-refractivity contribution in [2.45, 2.75) is 43.8 Å². The quantitative estimate of drug-likeness (QED) is 0.472. The van der Waals surface area contributed by atoms with Gasteiger partial charge in [0.2, 0.25) is 15.9 Å². The third-order valence-corrected chi connectivity index (χ3v) is 9.19. The van der Waals surface area contributed by atoms with Crippen molar-refractivity contribution < 1.29 is 22.7 Å². The number of nitrogens with zero attached hydrogens (tertiary/aromatic N) is 3. The van der Waals surface area contributed by atoms with Crippen LogP contribution in [0, 0.1) is 0 Å². The van der Waals surface area contributed by atoms with Crippen molar-refractivity contribution in [1.82, 2.24) is 19.1 Å². The van der Waals surface area contributed by atoms with Crippen LogP contribution in [-0.2, 0) is 39.1 Å². The Morgan fingerprint density at radius 3 is 2.47 bits per heavy atom. The molecule has 10 heteroatoms. The maximum atomic E-state index is 13.5. The topological polar surface area (TPSA) is 93.1 Å². The van der Waals surface area contributed by atoms with E-state index in [1.807, 2.05) is 36.6 Å². The van der Waals surface area contributed by atoms with Gasteiger partial charge in [-0.2, -0.15) is 4.31 Å². The summed E-state index contributed by atoms with van der Waals surface area (Å²) in [6, 6.07) is 14.5. The number of para-hydroxylation sites is 1. The van der Waals surface area contributed by atoms with Gasteiger partial charge < -0.3 is 19.4 Å². The number of methoxy groups -OCH3 is 1. The summed E-state index contributed by atoms with van der Waals surface area (Å²) in [5.41, 5.74) is 2.52. The highest BCUT2D eigenvalue weighted by Gasteiger charge is 2.33. The number of hydrogen-bond donors (Lipinski definition) is 1. The number of fused-ring (bicyclic) bond motifs is 3. The number of hydrogen-bond acceptors (Lipinski definition) is 6. The molecule has 5 rings (SSSR count). The smallest absolute Gasteiger partial charge is 0.243 e. The number of carbonyl (C=O) groups is 1. The molecule has 0 atom stereocenters. The van der Waals surface area contributed by atoms with Gasteiger partial charge in [-0.25, -0.2) is 8.42 Å². The van der Waals surface area contributed by atoms with Gasteiger partial charge in [0.25, 0.3) is 0 Å². The SMILES string of the molecule is COc1ccc(S(=O)(=O)N2CCc3c(n(CC(=O)NC(C)(C)CN4CCOCC4)c4ccccc34)C2)cc1. The molecule has 1 aromatic heterocycles. The van der Waals surface area contributed by atoms with E-state index in [1.165, 1.54) is 4.31 Å². The second-order valence-electron chi connectivity index (χ2n) is 10.6. The third kappa shape index (κ3) is 5.44. The summed E-state index contributed by atoms with van der Waals surface area (Å²) in [6.07, 6.45) is 0.586. The zero-order valence-electron chi connectivity index (χ0n) is 22.3. The minimum Gasteiger partial charge on any atom is -0.497 e. The van der Waals surface area contributed by atoms with Crippen molar-refractivity contribution in [3.05, 3.63) is 59.8 Å². The van der Waals surface area contributed by atoms with Crippen molar-refractivity contribution in [3.8, 4) is 5.75 Å². The molecule has 0 saturated carbocycles. The number of rotatable bonds is 8. The number of morpholine rings is 1. The minimum absolute atomic E-state index is 0.0954. The van der Waals surface area contributed by atoms with Crippen LogP contribution in [0.4, 0.5) is 0 Å². The fraction of sp³-hybridized carbons (Fsp3) is 0.464. The molecule has 0 radical (unpaired) electrons. The lowest BCUT2D eigenvalue weighted by Gasteiger charge is -2.35. The van der Waals surface area contributed by atoms with Crippen LogP contribution in [0.25, 0.3) is 10.9 Å². The minimum atomic E-state index is -3.71. The first-order valence-electron chi connectivity index (χ1n) is 13.0. The number of nitrogens with one attached hydrogen (secondary N) is 1. The Morgan fingerprint density at radius 1 is 1.05 bits per heavy atom. The van der Waals surface area contributed by atoms with E-state index in [-0.39, 0.29) is 23.9 Å². The van der Waals surface area contributed by atoms with E-state index in [1.54, 1.807) is 31.4 Å². The standard InChI is InChI=1S/C28H36N4O5S/c1-28(2,20-30-14-16-37-17-15-30)29-27(33)19-32-25-7-5-4-6-23(25)24-12-13-31(18-26(24)32)38(34,35)22-10-8-21(36-3)9-11-22/h4-11H,12-20H2,1-3H3,(H,29,33). The average Bonchev–Trinajstić information content (AvgIpc) is 3.21. The molecular formula is C28H36N4O5S. The van der Waals surface area contributed by atoms with Gasteiger partial charge in [-0.3, -0.25) is 9.69 Å². The molecule has 2 aliphatic heterocycles. The van der Waals surface area contributed by atoms with E-state index in [0.29, 0.717) is 31.9 Å². The molecule has 3 heterocycles. The van der Waals surface area contributed by atoms with Crippen LogP contribution in [-0.4, -0.2) is 80.1 Å². The van der Waals surface area contributed by atoms with Gasteiger partial charge in [0.05, 0.1) is 31.8 Å². The predicted octanol–water partition coefficient (Wildman–Crippen LogP) is 2.62. The Hall–Kier alpha value is -2.92. The zero-order valence-corrected chi connectivity index (χ0v) is 23.1. The zero-order chi connectivity index (χ0) is 26.9. The number of benzene rings is 2. The summed E-state index contributed by atoms with van der Waals surface area (Å²) in [4.78, 5) is 15.9. The Morgan fingerprint density at radius 2 is 1.76 bits per heavy atom. The molecule has 0 aliphatic carbocycles. The van der Waals surface area contributed by atoms with Crippen LogP contribution in [0.15, 0.2) is 53.4 Å². The van der Waals surface area contributed by atoms with Gasteiger partial charge in [-0.15, -0.1) is 0 Å². The van der Waals surface area contributed by atoms with E-state index in [4.69, 9.17) is 9.47 Å². The molecule has 9 nitrogen and oxygen atoms in total. The largest absolute Gasteiger partial charge is 0.497 e. The Kier molecular flexibility index (Phi) is 7.50. The van der Waals surface area contributed by atoms with E-state index >= 15 is 0 Å². The van der Waals surface area contributed by atoms with Gasteiger partial charge >= 0.3 is 0 Å². The van der Waals surface area contributed by atoms with Gasteiger partial charge in [0.1, 0.15) is 12.3 Å². The summed E-state index contributed by atoms with van der Waals surface area (Å²) < 4.78 is 41.1. The number of sulfonamides is 1. The molecule has 2 aliphatic rings. The van der Waals surface area contributed by atoms with Crippen molar-refractivity contribution in [3.63, 3.8) is 0 Å². The Bertz CT molecular complexity index is 1410. The van der Waals surface area contributed by atoms with Crippen molar-refractivity contribution in [1.29, 1.82) is 0 Å². The molecule has 1 amide bonds. The summed E-state index contributed by atoms with van der Waals surface area (Å²) in [5, 5.41) is 4.28. The summed E-state index contributed by atoms with van der Waals surface area (Å²) in [7, 11) is -2.16. The summed E-state index contributed by atoms with van der Waals surface area (Å²) in [5.74, 6) is 0.509. The van der Waals surface area contributed by atoms with E-state index in [2.05, 4.69) is 16.3 Å². The molecular weight excluding hydrogens is 504 g/mol. The number of amides is 1. The van der Waals surface area contributed by atoms with Gasteiger partial charge in [0.15, 0.2) is 0 Å². The molecule has 1 N–H and O–H groups in total. The highest BCUT2D eigenvalue weighted by atomic mass is 32.2. The lowest BCUT2D eigenvalue weighted by molar-refractivity contribution is -0.123. The first kappa shape index (κ1) is 26.7. The lowest BCUT2D eigenvalue weighted by atomic mass is 10.0. The Labute approximate surface area is 224 Å². The molecule has 1 saturated heterocycles. The maximum absolute atomic E-state index is 13.5. The summed E-state index contributed by atoms with van der Waals surface area (Å²) in [6.45, 7) is 8.65. The molecule has 0 spiro atoms.